The van der Waals surface area contributed by atoms with Crippen molar-refractivity contribution in [2.45, 2.75) is 0 Å². The fourth-order valence-corrected chi connectivity index (χ4v) is 0.889. The largest absolute Gasteiger partial charge is 0.327 e. The van der Waals surface area contributed by atoms with E-state index in [0.29, 0.717) is 0 Å². The molecule has 0 saturated carbocycles. The first-order valence-corrected chi connectivity index (χ1v) is 3.05. The van der Waals surface area contributed by atoms with Crippen LogP contribution < -0.4 is 22.1 Å². The number of hydrogen-bond acceptors (Lipinski definition) is 3. The first kappa shape index (κ1) is 6.65. The molecule has 0 atom stereocenters. The van der Waals surface area contributed by atoms with Crippen molar-refractivity contribution in [2.24, 2.45) is 9.98 Å². The molecule has 1 aliphatic rings. The molecule has 2 rings (SSSR count). The number of H-pyrrole nitrogens is 2. The molecule has 7 nitrogen and oxygen atoms in total. The molecule has 1 aliphatic heterocycles. The van der Waals surface area contributed by atoms with Crippen molar-refractivity contribution < 1.29 is 0 Å². The van der Waals surface area contributed by atoms with E-state index in [-0.39, 0.29) is 16.8 Å². The number of guanidine groups is 1. The summed E-state index contributed by atoms with van der Waals surface area (Å²) in [7, 11) is 0. The summed E-state index contributed by atoms with van der Waals surface area (Å²) < 4.78 is 0. The summed E-state index contributed by atoms with van der Waals surface area (Å²) in [5, 5.41) is 6.98. The SMILES string of the molecule is N=C1N=c2[nH]c(=O)[nH]c(=O)c2=N1. The van der Waals surface area contributed by atoms with Gasteiger partial charge in [0, 0.05) is 0 Å². The van der Waals surface area contributed by atoms with Crippen molar-refractivity contribution in [3.8, 4) is 0 Å². The summed E-state index contributed by atoms with van der Waals surface area (Å²) in [6.07, 6.45) is 0. The van der Waals surface area contributed by atoms with Gasteiger partial charge in [0.25, 0.3) is 5.56 Å². The fourth-order valence-electron chi connectivity index (χ4n) is 0.889. The monoisotopic (exact) mass is 165 g/mol. The third kappa shape index (κ3) is 0.797. The second-order valence-corrected chi connectivity index (χ2v) is 2.15. The van der Waals surface area contributed by atoms with Crippen LogP contribution in [0.15, 0.2) is 19.6 Å². The molecule has 0 fully saturated rings. The quantitative estimate of drug-likeness (QED) is 0.386. The third-order valence-electron chi connectivity index (χ3n) is 1.33. The molecular formula is C5H3N5O2. The van der Waals surface area contributed by atoms with Crippen LogP contribution in [0.5, 0.6) is 0 Å². The van der Waals surface area contributed by atoms with Gasteiger partial charge < -0.3 is 0 Å². The van der Waals surface area contributed by atoms with Crippen LogP contribution in [-0.4, -0.2) is 15.9 Å². The summed E-state index contributed by atoms with van der Waals surface area (Å²) in [4.78, 5) is 32.9. The molecule has 1 aromatic rings. The molecule has 3 N–H and O–H groups in total. The highest BCUT2D eigenvalue weighted by Crippen LogP contribution is 1.74. The Hall–Kier alpha value is -2.05. The number of aromatic amines is 2. The highest BCUT2D eigenvalue weighted by Gasteiger charge is 2.05. The van der Waals surface area contributed by atoms with E-state index in [2.05, 4.69) is 15.0 Å². The van der Waals surface area contributed by atoms with Gasteiger partial charge in [0.15, 0.2) is 10.8 Å². The number of nitrogens with one attached hydrogen (secondary N) is 3. The van der Waals surface area contributed by atoms with Crippen molar-refractivity contribution in [2.75, 3.05) is 0 Å². The predicted molar refractivity (Wildman–Crippen MR) is 37.7 cm³/mol. The molecule has 2 heterocycles. The molecule has 0 amide bonds. The Balaban J connectivity index is 3.15. The van der Waals surface area contributed by atoms with Crippen molar-refractivity contribution in [1.29, 1.82) is 5.41 Å². The zero-order valence-electron chi connectivity index (χ0n) is 5.71. The lowest BCUT2D eigenvalue weighted by Crippen LogP contribution is -2.46. The van der Waals surface area contributed by atoms with E-state index in [1.165, 1.54) is 0 Å². The minimum absolute atomic E-state index is 0.0143. The molecule has 0 unspecified atom stereocenters. The zero-order valence-corrected chi connectivity index (χ0v) is 5.71. The highest BCUT2D eigenvalue weighted by molar-refractivity contribution is 5.79. The van der Waals surface area contributed by atoms with Crippen LogP contribution >= 0.6 is 0 Å². The lowest BCUT2D eigenvalue weighted by atomic mass is 10.6. The van der Waals surface area contributed by atoms with Crippen LogP contribution in [0.25, 0.3) is 0 Å². The van der Waals surface area contributed by atoms with Gasteiger partial charge in [-0.1, -0.05) is 0 Å². The van der Waals surface area contributed by atoms with Crippen molar-refractivity contribution in [3.05, 3.63) is 31.7 Å². The van der Waals surface area contributed by atoms with E-state index in [4.69, 9.17) is 5.41 Å². The standard InChI is InChI=1S/C5H3N5O2/c6-4-7-1-2(8-4)9-5(12)10-3(1)11/h(H3,6,8,9,10,11,12). The lowest BCUT2D eigenvalue weighted by molar-refractivity contribution is 0.953. The van der Waals surface area contributed by atoms with Crippen LogP contribution in [0, 0.1) is 5.41 Å². The third-order valence-corrected chi connectivity index (χ3v) is 1.33. The molecule has 1 aromatic heterocycles. The van der Waals surface area contributed by atoms with Crippen molar-refractivity contribution in [3.63, 3.8) is 0 Å². The number of fused-ring (bicyclic) bond motifs is 1. The van der Waals surface area contributed by atoms with Crippen LogP contribution in [0.1, 0.15) is 0 Å². The average molecular weight is 165 g/mol. The van der Waals surface area contributed by atoms with Crippen LogP contribution in [-0.2, 0) is 0 Å². The van der Waals surface area contributed by atoms with Gasteiger partial charge in [-0.05, 0) is 0 Å². The average Bonchev–Trinajstić information content (AvgIpc) is 2.29. The molecule has 12 heavy (non-hydrogen) atoms. The molecule has 0 radical (unpaired) electrons. The van der Waals surface area contributed by atoms with Gasteiger partial charge in [-0.2, -0.15) is 4.99 Å². The summed E-state index contributed by atoms with van der Waals surface area (Å²) in [5.41, 5.74) is -1.22. The topological polar surface area (TPSA) is 114 Å². The highest BCUT2D eigenvalue weighted by atomic mass is 16.2. The minimum atomic E-state index is -0.646. The van der Waals surface area contributed by atoms with Crippen molar-refractivity contribution in [1.82, 2.24) is 9.97 Å². The van der Waals surface area contributed by atoms with E-state index in [1.54, 1.807) is 0 Å². The van der Waals surface area contributed by atoms with Gasteiger partial charge >= 0.3 is 5.69 Å². The molecule has 0 aliphatic carbocycles. The normalized spacial score (nSPS) is 13.5. The maximum Gasteiger partial charge on any atom is 0.327 e. The Morgan fingerprint density at radius 3 is 2.67 bits per heavy atom. The van der Waals surface area contributed by atoms with Gasteiger partial charge in [0.2, 0.25) is 5.96 Å². The summed E-state index contributed by atoms with van der Waals surface area (Å²) in [5.74, 6) is -0.280. The number of hydrogen-bond donors (Lipinski definition) is 3. The molecular weight excluding hydrogens is 162 g/mol. The van der Waals surface area contributed by atoms with Crippen LogP contribution in [0.2, 0.25) is 0 Å². The fraction of sp³-hybridized carbons (Fsp3) is 0. The lowest BCUT2D eigenvalue weighted by Gasteiger charge is -1.78. The van der Waals surface area contributed by atoms with Gasteiger partial charge in [-0.15, -0.1) is 0 Å². The maximum atomic E-state index is 11.0. The molecule has 0 bridgehead atoms. The predicted octanol–water partition coefficient (Wildman–Crippen LogP) is -2.75. The first-order valence-electron chi connectivity index (χ1n) is 3.05. The second-order valence-electron chi connectivity index (χ2n) is 2.15. The van der Waals surface area contributed by atoms with Crippen LogP contribution in [0.4, 0.5) is 0 Å². The summed E-state index contributed by atoms with van der Waals surface area (Å²) in [6, 6.07) is 0. The van der Waals surface area contributed by atoms with E-state index in [0.717, 1.165) is 0 Å². The van der Waals surface area contributed by atoms with Gasteiger partial charge in [0.05, 0.1) is 0 Å². The van der Waals surface area contributed by atoms with Crippen molar-refractivity contribution >= 4 is 5.96 Å². The number of aromatic nitrogens is 2. The Bertz CT molecular complexity index is 577. The number of rotatable bonds is 0. The Labute approximate surface area is 64.0 Å². The molecule has 7 heteroatoms. The molecule has 0 saturated heterocycles. The van der Waals surface area contributed by atoms with E-state index < -0.39 is 11.2 Å². The number of nitrogens with zero attached hydrogens (tertiary/aromatic N) is 2. The van der Waals surface area contributed by atoms with E-state index in [9.17, 15) is 9.59 Å². The summed E-state index contributed by atoms with van der Waals surface area (Å²) in [6.45, 7) is 0. The second kappa shape index (κ2) is 1.97. The van der Waals surface area contributed by atoms with Gasteiger partial charge in [-0.3, -0.25) is 20.2 Å². The molecule has 0 aromatic carbocycles. The summed E-state index contributed by atoms with van der Waals surface area (Å²) >= 11 is 0. The first-order chi connectivity index (χ1) is 5.66. The van der Waals surface area contributed by atoms with E-state index in [1.807, 2.05) is 4.98 Å². The van der Waals surface area contributed by atoms with E-state index >= 15 is 0 Å². The Kier molecular flexibility index (Phi) is 1.09. The minimum Gasteiger partial charge on any atom is -0.290 e. The zero-order chi connectivity index (χ0) is 8.72. The molecule has 0 spiro atoms. The maximum absolute atomic E-state index is 11.0. The Morgan fingerprint density at radius 2 is 1.92 bits per heavy atom. The smallest absolute Gasteiger partial charge is 0.290 e. The van der Waals surface area contributed by atoms with Crippen LogP contribution in [0.3, 0.4) is 0 Å². The molecule has 60 valence electrons. The Morgan fingerprint density at radius 1 is 1.17 bits per heavy atom. The van der Waals surface area contributed by atoms with Gasteiger partial charge in [0.1, 0.15) is 0 Å². The van der Waals surface area contributed by atoms with Gasteiger partial charge in [-0.25, -0.2) is 9.79 Å².